The van der Waals surface area contributed by atoms with Crippen LogP contribution < -0.4 is 0 Å². The van der Waals surface area contributed by atoms with E-state index in [2.05, 4.69) is 12.6 Å². The molecule has 0 saturated carbocycles. The predicted molar refractivity (Wildman–Crippen MR) is 78.8 cm³/mol. The summed E-state index contributed by atoms with van der Waals surface area (Å²) in [6.45, 7) is 1.05. The van der Waals surface area contributed by atoms with Gasteiger partial charge in [-0.3, -0.25) is 0 Å². The summed E-state index contributed by atoms with van der Waals surface area (Å²) in [4.78, 5) is 0. The lowest BCUT2D eigenvalue weighted by Crippen LogP contribution is -2.64. The van der Waals surface area contributed by atoms with E-state index in [9.17, 15) is 30.6 Å². The lowest BCUT2D eigenvalue weighted by molar-refractivity contribution is -0.336. The first-order chi connectivity index (χ1) is 10.8. The Hall–Kier alpha value is -0.0100. The lowest BCUT2D eigenvalue weighted by atomic mass is 9.95. The Balaban J connectivity index is 2.11. The van der Waals surface area contributed by atoms with Gasteiger partial charge in [0, 0.05) is 5.75 Å². The summed E-state index contributed by atoms with van der Waals surface area (Å²) in [5.74, 6) is 0.0671. The van der Waals surface area contributed by atoms with Gasteiger partial charge in [0.1, 0.15) is 42.7 Å². The molecule has 0 aliphatic carbocycles. The standard InChI is InChI=1S/C13H24O9S/c1-4-7(15)10(18)12(5(2-14)20-4)22-13-11(19)9(17)8(16)6(3-23)21-13/h4-19,23H,2-3H2,1H3/t4?,5?,6?,7?,8-,9+,10-,11?,12-,13+/m1/s1. The van der Waals surface area contributed by atoms with Gasteiger partial charge < -0.3 is 44.8 Å². The van der Waals surface area contributed by atoms with Crippen molar-refractivity contribution in [1.82, 2.24) is 0 Å². The summed E-state index contributed by atoms with van der Waals surface area (Å²) >= 11 is 3.99. The summed E-state index contributed by atoms with van der Waals surface area (Å²) in [5, 5.41) is 59.0. The summed E-state index contributed by atoms with van der Waals surface area (Å²) < 4.78 is 16.2. The third kappa shape index (κ3) is 3.82. The second-order valence-corrected chi connectivity index (χ2v) is 6.21. The number of hydrogen-bond donors (Lipinski definition) is 7. The molecule has 23 heavy (non-hydrogen) atoms. The monoisotopic (exact) mass is 356 g/mol. The molecule has 0 aromatic heterocycles. The molecule has 0 aromatic carbocycles. The van der Waals surface area contributed by atoms with Crippen LogP contribution in [0.15, 0.2) is 0 Å². The largest absolute Gasteiger partial charge is 0.394 e. The Morgan fingerprint density at radius 3 is 2.09 bits per heavy atom. The van der Waals surface area contributed by atoms with Gasteiger partial charge in [-0.05, 0) is 6.92 Å². The zero-order chi connectivity index (χ0) is 17.3. The molecule has 0 aromatic rings. The molecule has 136 valence electrons. The van der Waals surface area contributed by atoms with Crippen LogP contribution in [0.3, 0.4) is 0 Å². The molecule has 0 radical (unpaired) electrons. The average molecular weight is 356 g/mol. The fourth-order valence-electron chi connectivity index (χ4n) is 2.78. The van der Waals surface area contributed by atoms with E-state index in [0.717, 1.165) is 0 Å². The summed E-state index contributed by atoms with van der Waals surface area (Å²) in [6, 6.07) is 0. The van der Waals surface area contributed by atoms with Crippen LogP contribution >= 0.6 is 12.6 Å². The van der Waals surface area contributed by atoms with E-state index in [0.29, 0.717) is 0 Å². The fraction of sp³-hybridized carbons (Fsp3) is 1.00. The Morgan fingerprint density at radius 1 is 0.870 bits per heavy atom. The molecule has 2 aliphatic heterocycles. The van der Waals surface area contributed by atoms with Crippen molar-refractivity contribution >= 4 is 12.6 Å². The molecule has 10 heteroatoms. The number of thiol groups is 1. The van der Waals surface area contributed by atoms with Gasteiger partial charge in [0.2, 0.25) is 0 Å². The second-order valence-electron chi connectivity index (χ2n) is 5.84. The van der Waals surface area contributed by atoms with Gasteiger partial charge in [0.05, 0.1) is 18.8 Å². The summed E-state index contributed by atoms with van der Waals surface area (Å²) in [6.07, 6.45) is -12.2. The van der Waals surface area contributed by atoms with E-state index in [1.807, 2.05) is 0 Å². The van der Waals surface area contributed by atoms with Crippen LogP contribution in [0.4, 0.5) is 0 Å². The number of ether oxygens (including phenoxy) is 3. The second kappa shape index (κ2) is 7.91. The highest BCUT2D eigenvalue weighted by molar-refractivity contribution is 7.80. The van der Waals surface area contributed by atoms with Crippen molar-refractivity contribution in [2.75, 3.05) is 12.4 Å². The van der Waals surface area contributed by atoms with E-state index in [-0.39, 0.29) is 5.75 Å². The molecule has 2 aliphatic rings. The maximum Gasteiger partial charge on any atom is 0.187 e. The van der Waals surface area contributed by atoms with Crippen LogP contribution in [0.1, 0.15) is 6.92 Å². The molecule has 6 N–H and O–H groups in total. The van der Waals surface area contributed by atoms with Crippen LogP contribution in [0.25, 0.3) is 0 Å². The van der Waals surface area contributed by atoms with Crippen molar-refractivity contribution in [3.63, 3.8) is 0 Å². The van der Waals surface area contributed by atoms with Crippen molar-refractivity contribution in [2.45, 2.75) is 68.1 Å². The highest BCUT2D eigenvalue weighted by atomic mass is 32.1. The smallest absolute Gasteiger partial charge is 0.187 e. The zero-order valence-corrected chi connectivity index (χ0v) is 13.4. The Morgan fingerprint density at radius 2 is 1.52 bits per heavy atom. The van der Waals surface area contributed by atoms with Gasteiger partial charge in [0.15, 0.2) is 6.29 Å². The van der Waals surface area contributed by atoms with E-state index in [1.54, 1.807) is 0 Å². The van der Waals surface area contributed by atoms with E-state index >= 15 is 0 Å². The Kier molecular flexibility index (Phi) is 6.65. The third-order valence-corrected chi connectivity index (χ3v) is 4.60. The van der Waals surface area contributed by atoms with Gasteiger partial charge in [0.25, 0.3) is 0 Å². The molecule has 0 bridgehead atoms. The van der Waals surface area contributed by atoms with Gasteiger partial charge >= 0.3 is 0 Å². The minimum atomic E-state index is -1.58. The molecule has 2 saturated heterocycles. The van der Waals surface area contributed by atoms with Gasteiger partial charge in [-0.15, -0.1) is 0 Å². The zero-order valence-electron chi connectivity index (χ0n) is 12.5. The normalized spacial score (nSPS) is 51.7. The minimum absolute atomic E-state index is 0.0671. The maximum absolute atomic E-state index is 10.1. The van der Waals surface area contributed by atoms with Crippen LogP contribution in [0.2, 0.25) is 0 Å². The van der Waals surface area contributed by atoms with Crippen LogP contribution in [0, 0.1) is 0 Å². The van der Waals surface area contributed by atoms with E-state index in [1.165, 1.54) is 6.92 Å². The Labute approximate surface area is 138 Å². The van der Waals surface area contributed by atoms with Crippen molar-refractivity contribution in [3.8, 4) is 0 Å². The maximum atomic E-state index is 10.1. The van der Waals surface area contributed by atoms with Crippen molar-refractivity contribution in [1.29, 1.82) is 0 Å². The summed E-state index contributed by atoms with van der Waals surface area (Å²) in [7, 11) is 0. The Bertz CT molecular complexity index is 382. The molecule has 2 rings (SSSR count). The molecule has 2 fully saturated rings. The van der Waals surface area contributed by atoms with Crippen LogP contribution in [-0.2, 0) is 14.2 Å². The topological polar surface area (TPSA) is 149 Å². The number of aliphatic hydroxyl groups excluding tert-OH is 6. The van der Waals surface area contributed by atoms with E-state index in [4.69, 9.17) is 14.2 Å². The first-order valence-electron chi connectivity index (χ1n) is 7.40. The number of hydrogen-bond acceptors (Lipinski definition) is 10. The first-order valence-corrected chi connectivity index (χ1v) is 8.03. The first kappa shape index (κ1) is 19.3. The van der Waals surface area contributed by atoms with Crippen molar-refractivity contribution in [3.05, 3.63) is 0 Å². The lowest BCUT2D eigenvalue weighted by Gasteiger charge is -2.45. The van der Waals surface area contributed by atoms with Crippen LogP contribution in [0.5, 0.6) is 0 Å². The third-order valence-electron chi connectivity index (χ3n) is 4.24. The molecule has 9 nitrogen and oxygen atoms in total. The quantitative estimate of drug-likeness (QED) is 0.256. The molecular formula is C13H24O9S. The molecule has 5 unspecified atom stereocenters. The van der Waals surface area contributed by atoms with Gasteiger partial charge in [-0.25, -0.2) is 0 Å². The molecule has 2 heterocycles. The highest BCUT2D eigenvalue weighted by Gasteiger charge is 2.49. The number of rotatable bonds is 4. The van der Waals surface area contributed by atoms with Crippen molar-refractivity contribution < 1.29 is 44.8 Å². The van der Waals surface area contributed by atoms with E-state index < -0.39 is 67.8 Å². The van der Waals surface area contributed by atoms with Gasteiger partial charge in [-0.2, -0.15) is 12.6 Å². The minimum Gasteiger partial charge on any atom is -0.394 e. The van der Waals surface area contributed by atoms with Crippen molar-refractivity contribution in [2.24, 2.45) is 0 Å². The predicted octanol–water partition coefficient (Wildman–Crippen LogP) is -3.39. The highest BCUT2D eigenvalue weighted by Crippen LogP contribution is 2.29. The molecular weight excluding hydrogens is 332 g/mol. The molecule has 0 spiro atoms. The number of aliphatic hydroxyl groups is 6. The SMILES string of the molecule is CC1OC(CO)[C@@H](O[C@@H]2OC(CS)[C@@H](O)[C@H](O)C2O)[C@H](O)C1O. The average Bonchev–Trinajstić information content (AvgIpc) is 2.55. The fourth-order valence-corrected chi connectivity index (χ4v) is 3.08. The summed E-state index contributed by atoms with van der Waals surface area (Å²) in [5.41, 5.74) is 0. The van der Waals surface area contributed by atoms with Crippen LogP contribution in [-0.4, -0.2) is 104 Å². The van der Waals surface area contributed by atoms with Gasteiger partial charge in [-0.1, -0.05) is 0 Å². The molecule has 10 atom stereocenters. The molecule has 0 amide bonds.